The molecule has 0 spiro atoms. The van der Waals surface area contributed by atoms with Crippen LogP contribution in [-0.2, 0) is 4.79 Å². The summed E-state index contributed by atoms with van der Waals surface area (Å²) in [5, 5.41) is 20.4. The van der Waals surface area contributed by atoms with Gasteiger partial charge in [0, 0.05) is 5.69 Å². The Morgan fingerprint density at radius 3 is 2.71 bits per heavy atom. The summed E-state index contributed by atoms with van der Waals surface area (Å²) in [4.78, 5) is 11.9. The summed E-state index contributed by atoms with van der Waals surface area (Å²) in [6, 6.07) is 10.6. The van der Waals surface area contributed by atoms with Crippen LogP contribution in [0.3, 0.4) is 0 Å². The number of hydrogen-bond acceptors (Lipinski definition) is 3. The zero-order valence-corrected chi connectivity index (χ0v) is 9.82. The molecule has 0 aliphatic heterocycles. The highest BCUT2D eigenvalue weighted by atomic mass is 16.2. The van der Waals surface area contributed by atoms with E-state index in [1.54, 1.807) is 38.1 Å². The van der Waals surface area contributed by atoms with Crippen LogP contribution in [0.5, 0.6) is 0 Å². The van der Waals surface area contributed by atoms with Crippen molar-refractivity contribution in [1.29, 1.82) is 10.5 Å². The average Bonchev–Trinajstić information content (AvgIpc) is 2.37. The maximum atomic E-state index is 11.9. The Morgan fingerprint density at radius 1 is 1.47 bits per heavy atom. The van der Waals surface area contributed by atoms with E-state index in [2.05, 4.69) is 5.32 Å². The Balaban J connectivity index is 2.89. The summed E-state index contributed by atoms with van der Waals surface area (Å²) in [6.07, 6.45) is 0.438. The van der Waals surface area contributed by atoms with Crippen LogP contribution in [0.2, 0.25) is 0 Å². The first-order chi connectivity index (χ1) is 8.05. The number of hydrogen-bond donors (Lipinski definition) is 1. The van der Waals surface area contributed by atoms with Crippen LogP contribution in [0.25, 0.3) is 0 Å². The molecule has 1 N–H and O–H groups in total. The Morgan fingerprint density at radius 2 is 2.18 bits per heavy atom. The summed E-state index contributed by atoms with van der Waals surface area (Å²) < 4.78 is 0. The Kier molecular flexibility index (Phi) is 3.85. The summed E-state index contributed by atoms with van der Waals surface area (Å²) in [7, 11) is 0. The van der Waals surface area contributed by atoms with Gasteiger partial charge in [-0.05, 0) is 31.5 Å². The lowest BCUT2D eigenvalue weighted by Crippen LogP contribution is -2.31. The fourth-order valence-corrected chi connectivity index (χ4v) is 1.23. The van der Waals surface area contributed by atoms with E-state index in [1.807, 2.05) is 12.1 Å². The standard InChI is InChI=1S/C13H13N3O/c1-3-13(2,9-15)12(17)16-11-6-4-5-10(7-11)8-14/h4-7H,3H2,1-2H3,(H,16,17). The SMILES string of the molecule is CCC(C)(C#N)C(=O)Nc1cccc(C#N)c1. The largest absolute Gasteiger partial charge is 0.325 e. The predicted octanol–water partition coefficient (Wildman–Crippen LogP) is 2.44. The normalized spacial score (nSPS) is 12.9. The molecule has 0 saturated heterocycles. The van der Waals surface area contributed by atoms with E-state index in [-0.39, 0.29) is 5.91 Å². The van der Waals surface area contributed by atoms with Gasteiger partial charge in [-0.25, -0.2) is 0 Å². The summed E-state index contributed by atoms with van der Waals surface area (Å²) in [5.41, 5.74) is -0.0372. The molecule has 1 amide bonds. The first-order valence-corrected chi connectivity index (χ1v) is 5.28. The molecule has 1 atom stereocenters. The average molecular weight is 227 g/mol. The molecule has 0 aliphatic rings. The van der Waals surface area contributed by atoms with Gasteiger partial charge in [-0.2, -0.15) is 10.5 Å². The van der Waals surface area contributed by atoms with Crippen LogP contribution in [0.1, 0.15) is 25.8 Å². The van der Waals surface area contributed by atoms with Crippen molar-refractivity contribution in [3.8, 4) is 12.1 Å². The number of nitrogens with one attached hydrogen (secondary N) is 1. The first-order valence-electron chi connectivity index (χ1n) is 5.28. The Hall–Kier alpha value is -2.33. The molecule has 4 nitrogen and oxygen atoms in total. The molecule has 1 aromatic rings. The number of carbonyl (C=O) groups is 1. The van der Waals surface area contributed by atoms with Gasteiger partial charge >= 0.3 is 0 Å². The predicted molar refractivity (Wildman–Crippen MR) is 63.8 cm³/mol. The minimum atomic E-state index is -1.04. The smallest absolute Gasteiger partial charge is 0.244 e. The molecule has 4 heteroatoms. The highest BCUT2D eigenvalue weighted by molar-refractivity contribution is 5.96. The zero-order chi connectivity index (χ0) is 12.9. The van der Waals surface area contributed by atoms with E-state index in [0.717, 1.165) is 0 Å². The molecule has 1 unspecified atom stereocenters. The van der Waals surface area contributed by atoms with Gasteiger partial charge in [0.25, 0.3) is 0 Å². The molecule has 86 valence electrons. The topological polar surface area (TPSA) is 76.7 Å². The number of anilines is 1. The molecule has 0 aromatic heterocycles. The van der Waals surface area contributed by atoms with Gasteiger partial charge in [-0.1, -0.05) is 13.0 Å². The van der Waals surface area contributed by atoms with Crippen LogP contribution in [0.15, 0.2) is 24.3 Å². The molecular weight excluding hydrogens is 214 g/mol. The lowest BCUT2D eigenvalue weighted by molar-refractivity contribution is -0.122. The number of rotatable bonds is 3. The van der Waals surface area contributed by atoms with Gasteiger partial charge in [0.05, 0.1) is 17.7 Å². The van der Waals surface area contributed by atoms with Crippen LogP contribution in [0.4, 0.5) is 5.69 Å². The summed E-state index contributed by atoms with van der Waals surface area (Å²) >= 11 is 0. The van der Waals surface area contributed by atoms with Crippen molar-refractivity contribution < 1.29 is 4.79 Å². The molecule has 0 saturated carbocycles. The number of carbonyl (C=O) groups excluding carboxylic acids is 1. The minimum absolute atomic E-state index is 0.349. The third-order valence-electron chi connectivity index (χ3n) is 2.70. The maximum absolute atomic E-state index is 11.9. The second-order valence-electron chi connectivity index (χ2n) is 3.94. The number of amides is 1. The number of nitrogens with zero attached hydrogens (tertiary/aromatic N) is 2. The van der Waals surface area contributed by atoms with Gasteiger partial charge < -0.3 is 5.32 Å². The van der Waals surface area contributed by atoms with E-state index in [4.69, 9.17) is 10.5 Å². The second-order valence-corrected chi connectivity index (χ2v) is 3.94. The fraction of sp³-hybridized carbons (Fsp3) is 0.308. The third kappa shape index (κ3) is 2.83. The van der Waals surface area contributed by atoms with Crippen molar-refractivity contribution in [2.24, 2.45) is 5.41 Å². The van der Waals surface area contributed by atoms with Crippen molar-refractivity contribution in [3.05, 3.63) is 29.8 Å². The van der Waals surface area contributed by atoms with E-state index < -0.39 is 5.41 Å². The van der Waals surface area contributed by atoms with Crippen LogP contribution < -0.4 is 5.32 Å². The second kappa shape index (κ2) is 5.14. The van der Waals surface area contributed by atoms with E-state index in [9.17, 15) is 4.79 Å². The van der Waals surface area contributed by atoms with Gasteiger partial charge in [0.15, 0.2) is 0 Å². The van der Waals surface area contributed by atoms with Gasteiger partial charge in [0.1, 0.15) is 5.41 Å². The zero-order valence-electron chi connectivity index (χ0n) is 9.82. The monoisotopic (exact) mass is 227 g/mol. The van der Waals surface area contributed by atoms with Crippen LogP contribution >= 0.6 is 0 Å². The number of benzene rings is 1. The van der Waals surface area contributed by atoms with E-state index >= 15 is 0 Å². The summed E-state index contributed by atoms with van der Waals surface area (Å²) in [6.45, 7) is 3.38. The van der Waals surface area contributed by atoms with Crippen LogP contribution in [0, 0.1) is 28.1 Å². The van der Waals surface area contributed by atoms with E-state index in [1.165, 1.54) is 0 Å². The number of nitriles is 2. The van der Waals surface area contributed by atoms with Crippen molar-refractivity contribution >= 4 is 11.6 Å². The van der Waals surface area contributed by atoms with Gasteiger partial charge in [-0.15, -0.1) is 0 Å². The quantitative estimate of drug-likeness (QED) is 0.861. The van der Waals surface area contributed by atoms with Crippen molar-refractivity contribution in [2.45, 2.75) is 20.3 Å². The molecule has 0 heterocycles. The molecule has 0 aliphatic carbocycles. The highest BCUT2D eigenvalue weighted by Gasteiger charge is 2.31. The lowest BCUT2D eigenvalue weighted by Gasteiger charge is -2.18. The van der Waals surface area contributed by atoms with Gasteiger partial charge in [0.2, 0.25) is 5.91 Å². The van der Waals surface area contributed by atoms with Crippen molar-refractivity contribution in [3.63, 3.8) is 0 Å². The lowest BCUT2D eigenvalue weighted by atomic mass is 9.88. The first kappa shape index (κ1) is 12.7. The van der Waals surface area contributed by atoms with Gasteiger partial charge in [-0.3, -0.25) is 4.79 Å². The maximum Gasteiger partial charge on any atom is 0.244 e. The Bertz CT molecular complexity index is 510. The molecule has 1 rings (SSSR count). The minimum Gasteiger partial charge on any atom is -0.325 e. The highest BCUT2D eigenvalue weighted by Crippen LogP contribution is 2.22. The Labute approximate surface area is 100 Å². The van der Waals surface area contributed by atoms with Crippen molar-refractivity contribution in [1.82, 2.24) is 0 Å². The molecule has 0 radical (unpaired) electrons. The van der Waals surface area contributed by atoms with E-state index in [0.29, 0.717) is 17.7 Å². The third-order valence-corrected chi connectivity index (χ3v) is 2.70. The molecular formula is C13H13N3O. The fourth-order valence-electron chi connectivity index (χ4n) is 1.23. The molecule has 0 fully saturated rings. The van der Waals surface area contributed by atoms with Crippen LogP contribution in [-0.4, -0.2) is 5.91 Å². The molecule has 17 heavy (non-hydrogen) atoms. The van der Waals surface area contributed by atoms with Crippen molar-refractivity contribution in [2.75, 3.05) is 5.32 Å². The molecule has 1 aromatic carbocycles. The molecule has 0 bridgehead atoms. The summed E-state index contributed by atoms with van der Waals surface area (Å²) in [5.74, 6) is -0.349.